The average Bonchev–Trinajstić information content (AvgIpc) is 3.22. The Kier molecular flexibility index (Phi) is 6.10. The van der Waals surface area contributed by atoms with Crippen molar-refractivity contribution in [1.82, 2.24) is 0 Å². The first-order chi connectivity index (χ1) is 18.8. The molecule has 0 aliphatic carbocycles. The zero-order valence-electron chi connectivity index (χ0n) is 23.2. The summed E-state index contributed by atoms with van der Waals surface area (Å²) in [5.41, 5.74) is 7.38. The number of aryl methyl sites for hydroxylation is 2. The quantitative estimate of drug-likeness (QED) is 0.261. The van der Waals surface area contributed by atoms with Crippen molar-refractivity contribution < 1.29 is 14.3 Å². The third-order valence-corrected chi connectivity index (χ3v) is 7.78. The number of fused-ring (bicyclic) bond motifs is 6. The molecule has 0 saturated heterocycles. The van der Waals surface area contributed by atoms with Crippen LogP contribution < -0.4 is 15.0 Å². The minimum atomic E-state index is -1.09. The Morgan fingerprint density at radius 1 is 0.872 bits per heavy atom. The van der Waals surface area contributed by atoms with Crippen LogP contribution in [0.2, 0.25) is 0 Å². The lowest BCUT2D eigenvalue weighted by atomic mass is 9.77. The summed E-state index contributed by atoms with van der Waals surface area (Å²) in [4.78, 5) is 15.6. The largest absolute Gasteiger partial charge is 0.456 e. The van der Waals surface area contributed by atoms with Gasteiger partial charge in [-0.25, -0.2) is 4.79 Å². The van der Waals surface area contributed by atoms with Crippen LogP contribution in [-0.4, -0.2) is 18.6 Å². The van der Waals surface area contributed by atoms with E-state index in [-0.39, 0.29) is 5.97 Å². The zero-order chi connectivity index (χ0) is 27.3. The molecular formula is C34H34N2O3. The Bertz CT molecular complexity index is 1590. The van der Waals surface area contributed by atoms with Crippen molar-refractivity contribution in [2.45, 2.75) is 52.7 Å². The summed E-state index contributed by atoms with van der Waals surface area (Å²) >= 11 is 0. The molecular weight excluding hydrogens is 484 g/mol. The number of carbonyl (C=O) groups is 1. The molecule has 0 radical (unpaired) electrons. The van der Waals surface area contributed by atoms with E-state index in [1.165, 1.54) is 5.56 Å². The van der Waals surface area contributed by atoms with Gasteiger partial charge in [0.1, 0.15) is 11.5 Å². The summed E-state index contributed by atoms with van der Waals surface area (Å²) in [7, 11) is 0. The molecule has 2 aliphatic heterocycles. The first kappa shape index (κ1) is 25.1. The van der Waals surface area contributed by atoms with E-state index >= 15 is 0 Å². The Morgan fingerprint density at radius 2 is 1.69 bits per heavy atom. The standard InChI is InChI=1S/C34H34N2O3/c1-6-17-36(21(2)3)25-13-14-28-32(20-25)38-31-16-12-24(35-30-15-11-22(4)18-23(30)5)19-29(31)34(28)27-10-8-7-9-26(27)33(37)39-34/h7-16,18-21,35H,6,17H2,1-5H3. The number of hydrogen-bond acceptors (Lipinski definition) is 5. The van der Waals surface area contributed by atoms with Gasteiger partial charge >= 0.3 is 5.97 Å². The van der Waals surface area contributed by atoms with E-state index in [1.54, 1.807) is 0 Å². The number of rotatable bonds is 6. The number of carbonyl (C=O) groups excluding carboxylic acids is 1. The van der Waals surface area contributed by atoms with Gasteiger partial charge in [0, 0.05) is 52.4 Å². The Labute approximate surface area is 230 Å². The van der Waals surface area contributed by atoms with E-state index in [0.29, 0.717) is 23.1 Å². The van der Waals surface area contributed by atoms with Gasteiger partial charge in [-0.3, -0.25) is 0 Å². The second kappa shape index (κ2) is 9.49. The number of nitrogens with one attached hydrogen (secondary N) is 1. The van der Waals surface area contributed by atoms with Gasteiger partial charge in [0.2, 0.25) is 0 Å². The van der Waals surface area contributed by atoms with Crippen molar-refractivity contribution in [3.63, 3.8) is 0 Å². The first-order valence-corrected chi connectivity index (χ1v) is 13.7. The third kappa shape index (κ3) is 4.04. The van der Waals surface area contributed by atoms with Crippen LogP contribution >= 0.6 is 0 Å². The van der Waals surface area contributed by atoms with Crippen molar-refractivity contribution in [3.05, 3.63) is 112 Å². The van der Waals surface area contributed by atoms with Gasteiger partial charge in [0.15, 0.2) is 5.60 Å². The molecule has 0 fully saturated rings. The van der Waals surface area contributed by atoms with E-state index < -0.39 is 5.60 Å². The normalized spacial score (nSPS) is 16.8. The Hall–Kier alpha value is -4.25. The van der Waals surface area contributed by atoms with Crippen LogP contribution in [0.4, 0.5) is 17.1 Å². The predicted octanol–water partition coefficient (Wildman–Crippen LogP) is 8.24. The van der Waals surface area contributed by atoms with E-state index in [2.05, 4.69) is 87.3 Å². The lowest BCUT2D eigenvalue weighted by molar-refractivity contribution is 0.0224. The molecule has 4 aromatic carbocycles. The molecule has 198 valence electrons. The van der Waals surface area contributed by atoms with Gasteiger partial charge in [-0.2, -0.15) is 0 Å². The smallest absolute Gasteiger partial charge is 0.340 e. The van der Waals surface area contributed by atoms with E-state index in [4.69, 9.17) is 9.47 Å². The molecule has 0 saturated carbocycles. The molecule has 1 spiro atoms. The third-order valence-electron chi connectivity index (χ3n) is 7.78. The van der Waals surface area contributed by atoms with Gasteiger partial charge in [-0.05, 0) is 82.1 Å². The maximum atomic E-state index is 13.3. The average molecular weight is 519 g/mol. The molecule has 4 aromatic rings. The molecule has 0 bridgehead atoms. The lowest BCUT2D eigenvalue weighted by Crippen LogP contribution is -2.34. The van der Waals surface area contributed by atoms with Gasteiger partial charge in [0.25, 0.3) is 0 Å². The number of esters is 1. The first-order valence-electron chi connectivity index (χ1n) is 13.7. The van der Waals surface area contributed by atoms with Gasteiger partial charge < -0.3 is 19.7 Å². The fourth-order valence-electron chi connectivity index (χ4n) is 5.95. The van der Waals surface area contributed by atoms with Crippen molar-refractivity contribution in [1.29, 1.82) is 0 Å². The van der Waals surface area contributed by atoms with Crippen molar-refractivity contribution in [2.24, 2.45) is 0 Å². The maximum absolute atomic E-state index is 13.3. The molecule has 2 aliphatic rings. The summed E-state index contributed by atoms with van der Waals surface area (Å²) in [6, 6.07) is 26.7. The van der Waals surface area contributed by atoms with Gasteiger partial charge in [-0.1, -0.05) is 42.8 Å². The maximum Gasteiger partial charge on any atom is 0.340 e. The number of hydrogen-bond donors (Lipinski definition) is 1. The highest BCUT2D eigenvalue weighted by Gasteiger charge is 2.53. The summed E-state index contributed by atoms with van der Waals surface area (Å²) in [5.74, 6) is 1.07. The molecule has 39 heavy (non-hydrogen) atoms. The molecule has 0 aromatic heterocycles. The zero-order valence-corrected chi connectivity index (χ0v) is 23.2. The van der Waals surface area contributed by atoms with Gasteiger partial charge in [-0.15, -0.1) is 0 Å². The number of nitrogens with zero attached hydrogens (tertiary/aromatic N) is 1. The van der Waals surface area contributed by atoms with Gasteiger partial charge in [0.05, 0.1) is 5.56 Å². The Balaban J connectivity index is 1.52. The van der Waals surface area contributed by atoms with Crippen molar-refractivity contribution in [2.75, 3.05) is 16.8 Å². The monoisotopic (exact) mass is 518 g/mol. The fourth-order valence-corrected chi connectivity index (χ4v) is 5.95. The van der Waals surface area contributed by atoms with E-state index in [0.717, 1.165) is 52.3 Å². The Morgan fingerprint density at radius 3 is 2.46 bits per heavy atom. The highest BCUT2D eigenvalue weighted by atomic mass is 16.6. The predicted molar refractivity (Wildman–Crippen MR) is 157 cm³/mol. The molecule has 5 nitrogen and oxygen atoms in total. The van der Waals surface area contributed by atoms with E-state index in [9.17, 15) is 4.79 Å². The second-order valence-electron chi connectivity index (χ2n) is 10.8. The molecule has 6 rings (SSSR count). The highest BCUT2D eigenvalue weighted by molar-refractivity contribution is 5.97. The van der Waals surface area contributed by atoms with Crippen LogP contribution in [0.5, 0.6) is 11.5 Å². The van der Waals surface area contributed by atoms with E-state index in [1.807, 2.05) is 36.4 Å². The summed E-state index contributed by atoms with van der Waals surface area (Å²) in [6.45, 7) is 11.7. The highest BCUT2D eigenvalue weighted by Crippen LogP contribution is 2.57. The number of benzene rings is 4. The molecule has 1 unspecified atom stereocenters. The topological polar surface area (TPSA) is 50.8 Å². The lowest BCUT2D eigenvalue weighted by Gasteiger charge is -2.38. The second-order valence-corrected chi connectivity index (χ2v) is 10.8. The van der Waals surface area contributed by atoms with Crippen LogP contribution in [0, 0.1) is 13.8 Å². The molecule has 1 N–H and O–H groups in total. The SMILES string of the molecule is CCCN(c1ccc2c(c1)Oc1ccc(Nc3ccc(C)cc3C)cc1C21OC(=O)c2ccccc21)C(C)C. The fraction of sp³-hybridized carbons (Fsp3) is 0.265. The van der Waals surface area contributed by atoms with Crippen LogP contribution in [-0.2, 0) is 10.3 Å². The molecule has 0 amide bonds. The molecule has 5 heteroatoms. The van der Waals surface area contributed by atoms with Crippen LogP contribution in [0.15, 0.2) is 78.9 Å². The number of anilines is 3. The minimum absolute atomic E-state index is 0.323. The summed E-state index contributed by atoms with van der Waals surface area (Å²) in [6.07, 6.45) is 1.05. The van der Waals surface area contributed by atoms with Crippen LogP contribution in [0.3, 0.4) is 0 Å². The van der Waals surface area contributed by atoms with Crippen LogP contribution in [0.25, 0.3) is 0 Å². The van der Waals surface area contributed by atoms with Crippen molar-refractivity contribution >= 4 is 23.0 Å². The molecule has 1 atom stereocenters. The van der Waals surface area contributed by atoms with Crippen molar-refractivity contribution in [3.8, 4) is 11.5 Å². The summed E-state index contributed by atoms with van der Waals surface area (Å²) in [5, 5.41) is 3.56. The minimum Gasteiger partial charge on any atom is -0.456 e. The van der Waals surface area contributed by atoms with Crippen LogP contribution in [0.1, 0.15) is 65.4 Å². The summed E-state index contributed by atoms with van der Waals surface area (Å²) < 4.78 is 13.0. The number of ether oxygens (including phenoxy) is 2. The molecule has 2 heterocycles.